The van der Waals surface area contributed by atoms with E-state index in [1.165, 1.54) is 18.6 Å². The summed E-state index contributed by atoms with van der Waals surface area (Å²) in [4.78, 5) is 8.29. The van der Waals surface area contributed by atoms with Crippen LogP contribution in [0.1, 0.15) is 6.42 Å². The van der Waals surface area contributed by atoms with Crippen molar-refractivity contribution in [2.45, 2.75) is 24.4 Å². The standard InChI is InChI=1S/C13H14ClN5O2S/c14-12-11-3-7-19(13(11)17-9-16-12)5-1-4-18-6-2-10(8-18)22(15,20)21/h2-3,6-9H,1,4-5H2,(H2,15,20,21). The number of halogens is 1. The SMILES string of the molecule is NS(=O)(=O)c1ccn(CCCn2ccc3c(Cl)ncnc32)c1. The Hall–Kier alpha value is -1.90. The average Bonchev–Trinajstić information content (AvgIpc) is 3.07. The molecule has 0 spiro atoms. The zero-order chi connectivity index (χ0) is 15.7. The maximum absolute atomic E-state index is 11.2. The first-order valence-corrected chi connectivity index (χ1v) is 8.51. The van der Waals surface area contributed by atoms with Gasteiger partial charge >= 0.3 is 0 Å². The van der Waals surface area contributed by atoms with Crippen LogP contribution in [0.5, 0.6) is 0 Å². The molecule has 0 saturated carbocycles. The van der Waals surface area contributed by atoms with Gasteiger partial charge in [-0.1, -0.05) is 11.6 Å². The minimum absolute atomic E-state index is 0.124. The van der Waals surface area contributed by atoms with E-state index in [9.17, 15) is 8.42 Å². The third-order valence-corrected chi connectivity index (χ3v) is 4.57. The molecular weight excluding hydrogens is 326 g/mol. The van der Waals surface area contributed by atoms with Crippen molar-refractivity contribution in [2.75, 3.05) is 0 Å². The van der Waals surface area contributed by atoms with Crippen LogP contribution in [0.25, 0.3) is 11.0 Å². The van der Waals surface area contributed by atoms with Crippen molar-refractivity contribution in [3.8, 4) is 0 Å². The van der Waals surface area contributed by atoms with E-state index in [0.717, 1.165) is 24.0 Å². The Morgan fingerprint density at radius 2 is 2.00 bits per heavy atom. The molecule has 0 unspecified atom stereocenters. The van der Waals surface area contributed by atoms with Crippen LogP contribution in [0.15, 0.2) is 41.9 Å². The lowest BCUT2D eigenvalue weighted by Gasteiger charge is -2.06. The van der Waals surface area contributed by atoms with E-state index in [-0.39, 0.29) is 4.90 Å². The third kappa shape index (κ3) is 2.99. The molecule has 3 heterocycles. The first kappa shape index (κ1) is 15.0. The summed E-state index contributed by atoms with van der Waals surface area (Å²) < 4.78 is 26.2. The Kier molecular flexibility index (Phi) is 3.90. The lowest BCUT2D eigenvalue weighted by atomic mass is 10.4. The molecule has 0 atom stereocenters. The fourth-order valence-electron chi connectivity index (χ4n) is 2.30. The number of fused-ring (bicyclic) bond motifs is 1. The number of hydrogen-bond acceptors (Lipinski definition) is 4. The summed E-state index contributed by atoms with van der Waals surface area (Å²) in [5.74, 6) is 0. The van der Waals surface area contributed by atoms with Gasteiger partial charge in [0.2, 0.25) is 10.0 Å². The van der Waals surface area contributed by atoms with Crippen molar-refractivity contribution >= 4 is 32.7 Å². The second kappa shape index (κ2) is 5.71. The van der Waals surface area contributed by atoms with Crippen molar-refractivity contribution in [3.05, 3.63) is 42.2 Å². The molecule has 0 aliphatic heterocycles. The monoisotopic (exact) mass is 339 g/mol. The van der Waals surface area contributed by atoms with Gasteiger partial charge < -0.3 is 9.13 Å². The maximum atomic E-state index is 11.2. The molecule has 0 aromatic carbocycles. The molecule has 0 radical (unpaired) electrons. The molecule has 0 aliphatic rings. The molecule has 0 aliphatic carbocycles. The van der Waals surface area contributed by atoms with Gasteiger partial charge in [-0.25, -0.2) is 23.5 Å². The highest BCUT2D eigenvalue weighted by molar-refractivity contribution is 7.89. The number of aryl methyl sites for hydroxylation is 2. The molecule has 0 fully saturated rings. The lowest BCUT2D eigenvalue weighted by molar-refractivity contribution is 0.570. The van der Waals surface area contributed by atoms with Gasteiger partial charge in [0.25, 0.3) is 0 Å². The summed E-state index contributed by atoms with van der Waals surface area (Å²) in [5.41, 5.74) is 0.790. The fourth-order valence-corrected chi connectivity index (χ4v) is 3.03. The molecule has 2 N–H and O–H groups in total. The number of sulfonamides is 1. The Bertz CT molecular complexity index is 916. The number of hydrogen-bond donors (Lipinski definition) is 1. The van der Waals surface area contributed by atoms with Gasteiger partial charge in [0.05, 0.1) is 10.3 Å². The Balaban J connectivity index is 1.68. The summed E-state index contributed by atoms with van der Waals surface area (Å²) >= 11 is 6.01. The topological polar surface area (TPSA) is 95.8 Å². The summed E-state index contributed by atoms with van der Waals surface area (Å²) in [6, 6.07) is 3.37. The van der Waals surface area contributed by atoms with E-state index in [4.69, 9.17) is 16.7 Å². The van der Waals surface area contributed by atoms with Gasteiger partial charge in [-0.3, -0.25) is 0 Å². The van der Waals surface area contributed by atoms with Crippen LogP contribution in [0.3, 0.4) is 0 Å². The summed E-state index contributed by atoms with van der Waals surface area (Å²) in [6.07, 6.45) is 7.39. The van der Waals surface area contributed by atoms with Crippen LogP contribution in [0.4, 0.5) is 0 Å². The number of aromatic nitrogens is 4. The Morgan fingerprint density at radius 1 is 1.18 bits per heavy atom. The molecule has 0 bridgehead atoms. The van der Waals surface area contributed by atoms with E-state index >= 15 is 0 Å². The maximum Gasteiger partial charge on any atom is 0.239 e. The highest BCUT2D eigenvalue weighted by Crippen LogP contribution is 2.20. The molecule has 116 valence electrons. The van der Waals surface area contributed by atoms with E-state index in [1.54, 1.807) is 10.8 Å². The van der Waals surface area contributed by atoms with Crippen LogP contribution in [0, 0.1) is 0 Å². The molecule has 9 heteroatoms. The van der Waals surface area contributed by atoms with Gasteiger partial charge in [0.1, 0.15) is 17.1 Å². The van der Waals surface area contributed by atoms with Gasteiger partial charge in [0, 0.05) is 31.7 Å². The number of nitrogens with zero attached hydrogens (tertiary/aromatic N) is 4. The van der Waals surface area contributed by atoms with Gasteiger partial charge in [-0.05, 0) is 18.6 Å². The molecule has 0 saturated heterocycles. The highest BCUT2D eigenvalue weighted by atomic mass is 35.5. The number of rotatable bonds is 5. The second-order valence-corrected chi connectivity index (χ2v) is 6.81. The molecule has 0 amide bonds. The quantitative estimate of drug-likeness (QED) is 0.714. The van der Waals surface area contributed by atoms with E-state index in [1.807, 2.05) is 16.8 Å². The smallest absolute Gasteiger partial charge is 0.239 e. The van der Waals surface area contributed by atoms with Crippen LogP contribution < -0.4 is 5.14 Å². The lowest BCUT2D eigenvalue weighted by Crippen LogP contribution is -2.11. The van der Waals surface area contributed by atoms with Gasteiger partial charge in [0.15, 0.2) is 0 Å². The van der Waals surface area contributed by atoms with Crippen molar-refractivity contribution in [3.63, 3.8) is 0 Å². The second-order valence-electron chi connectivity index (χ2n) is 4.89. The largest absolute Gasteiger partial charge is 0.353 e. The highest BCUT2D eigenvalue weighted by Gasteiger charge is 2.09. The van der Waals surface area contributed by atoms with E-state index in [2.05, 4.69) is 9.97 Å². The van der Waals surface area contributed by atoms with Crippen LogP contribution in [0.2, 0.25) is 5.15 Å². The van der Waals surface area contributed by atoms with Crippen molar-refractivity contribution < 1.29 is 8.42 Å². The van der Waals surface area contributed by atoms with Crippen molar-refractivity contribution in [1.82, 2.24) is 19.1 Å². The number of primary sulfonamides is 1. The predicted molar refractivity (Wildman–Crippen MR) is 83.0 cm³/mol. The molecular formula is C13H14ClN5O2S. The number of nitrogens with two attached hydrogens (primary N) is 1. The molecule has 3 aromatic rings. The van der Waals surface area contributed by atoms with Gasteiger partial charge in [-0.2, -0.15) is 0 Å². The van der Waals surface area contributed by atoms with Crippen LogP contribution in [-0.2, 0) is 23.1 Å². The van der Waals surface area contributed by atoms with E-state index in [0.29, 0.717) is 11.7 Å². The first-order chi connectivity index (χ1) is 10.4. The van der Waals surface area contributed by atoms with Crippen LogP contribution in [-0.4, -0.2) is 27.5 Å². The normalized spacial score (nSPS) is 12.1. The summed E-state index contributed by atoms with van der Waals surface area (Å²) in [7, 11) is -3.64. The zero-order valence-electron chi connectivity index (χ0n) is 11.6. The molecule has 22 heavy (non-hydrogen) atoms. The van der Waals surface area contributed by atoms with Crippen molar-refractivity contribution in [1.29, 1.82) is 0 Å². The Morgan fingerprint density at radius 3 is 2.73 bits per heavy atom. The summed E-state index contributed by atoms with van der Waals surface area (Å²) in [5, 5.41) is 6.34. The zero-order valence-corrected chi connectivity index (χ0v) is 13.1. The van der Waals surface area contributed by atoms with Gasteiger partial charge in [-0.15, -0.1) is 0 Å². The summed E-state index contributed by atoms with van der Waals surface area (Å²) in [6.45, 7) is 1.41. The average molecular weight is 340 g/mol. The predicted octanol–water partition coefficient (Wildman–Crippen LogP) is 1.62. The molecule has 3 aromatic heterocycles. The molecule has 7 nitrogen and oxygen atoms in total. The minimum atomic E-state index is -3.64. The minimum Gasteiger partial charge on any atom is -0.353 e. The van der Waals surface area contributed by atoms with E-state index < -0.39 is 10.0 Å². The first-order valence-electron chi connectivity index (χ1n) is 6.59. The Labute approximate surface area is 132 Å². The third-order valence-electron chi connectivity index (χ3n) is 3.37. The molecule has 3 rings (SSSR count). The van der Waals surface area contributed by atoms with Crippen LogP contribution >= 0.6 is 11.6 Å². The van der Waals surface area contributed by atoms with Crippen molar-refractivity contribution in [2.24, 2.45) is 5.14 Å². The fraction of sp³-hybridized carbons (Fsp3) is 0.231.